The molecule has 20 heavy (non-hydrogen) atoms. The molecule has 1 aliphatic heterocycles. The van der Waals surface area contributed by atoms with Crippen molar-refractivity contribution >= 4 is 17.6 Å². The van der Waals surface area contributed by atoms with E-state index in [1.165, 1.54) is 0 Å². The molecular formula is C15H20N2O3. The molecule has 0 bridgehead atoms. The molecule has 2 atom stereocenters. The number of carbonyl (C=O) groups is 2. The smallest absolute Gasteiger partial charge is 0.308 e. The van der Waals surface area contributed by atoms with Crippen LogP contribution in [0.2, 0.25) is 0 Å². The summed E-state index contributed by atoms with van der Waals surface area (Å²) in [5, 5.41) is 12.1. The van der Waals surface area contributed by atoms with Crippen LogP contribution in [-0.4, -0.2) is 36.1 Å². The maximum atomic E-state index is 12.0. The Morgan fingerprint density at radius 3 is 2.80 bits per heavy atom. The zero-order valence-corrected chi connectivity index (χ0v) is 11.8. The van der Waals surface area contributed by atoms with Gasteiger partial charge in [0.05, 0.1) is 5.92 Å². The molecule has 0 radical (unpaired) electrons. The van der Waals surface area contributed by atoms with E-state index in [1.807, 2.05) is 43.0 Å². The van der Waals surface area contributed by atoms with Gasteiger partial charge >= 0.3 is 5.97 Å². The highest BCUT2D eigenvalue weighted by Crippen LogP contribution is 2.31. The topological polar surface area (TPSA) is 69.6 Å². The van der Waals surface area contributed by atoms with Gasteiger partial charge in [-0.2, -0.15) is 0 Å². The number of carboxylic acid groups (broad SMARTS) is 1. The highest BCUT2D eigenvalue weighted by Gasteiger charge is 2.33. The maximum absolute atomic E-state index is 12.0. The number of likely N-dealkylation sites (N-methyl/N-ethyl adjacent to an activating group) is 1. The van der Waals surface area contributed by atoms with Crippen molar-refractivity contribution in [2.24, 2.45) is 5.92 Å². The third-order valence-electron chi connectivity index (χ3n) is 3.73. The van der Waals surface area contributed by atoms with E-state index in [4.69, 9.17) is 0 Å². The normalized spacial score (nSPS) is 19.1. The number of nitrogens with one attached hydrogen (secondary N) is 1. The van der Waals surface area contributed by atoms with Gasteiger partial charge in [0.1, 0.15) is 6.04 Å². The van der Waals surface area contributed by atoms with Crippen LogP contribution in [0.1, 0.15) is 19.4 Å². The molecule has 0 fully saturated rings. The summed E-state index contributed by atoms with van der Waals surface area (Å²) in [6.45, 7) is 4.62. The van der Waals surface area contributed by atoms with Crippen molar-refractivity contribution < 1.29 is 14.7 Å². The van der Waals surface area contributed by atoms with Crippen LogP contribution < -0.4 is 10.2 Å². The number of carboxylic acids is 1. The van der Waals surface area contributed by atoms with E-state index >= 15 is 0 Å². The fraction of sp³-hybridized carbons (Fsp3) is 0.467. The van der Waals surface area contributed by atoms with Crippen LogP contribution in [0, 0.1) is 5.92 Å². The highest BCUT2D eigenvalue weighted by molar-refractivity contribution is 5.86. The summed E-state index contributed by atoms with van der Waals surface area (Å²) in [5.74, 6) is -1.36. The average Bonchev–Trinajstić information content (AvgIpc) is 2.45. The standard InChI is InChI=1S/C15H20N2O3/c1-3-16-14(18)10(2)17-9-12(15(19)20)8-11-6-4-5-7-13(11)17/h4-7,10,12H,3,8-9H2,1-2H3,(H,16,18)(H,19,20). The van der Waals surface area contributed by atoms with Crippen LogP contribution >= 0.6 is 0 Å². The number of fused-ring (bicyclic) bond motifs is 1. The second-order valence-corrected chi connectivity index (χ2v) is 5.09. The predicted molar refractivity (Wildman–Crippen MR) is 76.8 cm³/mol. The third-order valence-corrected chi connectivity index (χ3v) is 3.73. The number of anilines is 1. The van der Waals surface area contributed by atoms with E-state index in [2.05, 4.69) is 5.32 Å². The van der Waals surface area contributed by atoms with Crippen molar-refractivity contribution in [3.63, 3.8) is 0 Å². The van der Waals surface area contributed by atoms with Gasteiger partial charge in [0.15, 0.2) is 0 Å². The second kappa shape index (κ2) is 5.94. The Morgan fingerprint density at radius 2 is 2.15 bits per heavy atom. The predicted octanol–water partition coefficient (Wildman–Crippen LogP) is 1.27. The lowest BCUT2D eigenvalue weighted by Gasteiger charge is -2.38. The van der Waals surface area contributed by atoms with E-state index < -0.39 is 11.9 Å². The first-order valence-electron chi connectivity index (χ1n) is 6.89. The van der Waals surface area contributed by atoms with Crippen molar-refractivity contribution in [2.45, 2.75) is 26.3 Å². The van der Waals surface area contributed by atoms with Crippen LogP contribution in [0.25, 0.3) is 0 Å². The summed E-state index contributed by atoms with van der Waals surface area (Å²) >= 11 is 0. The SMILES string of the molecule is CCNC(=O)C(C)N1CC(C(=O)O)Cc2ccccc21. The van der Waals surface area contributed by atoms with E-state index in [0.717, 1.165) is 11.3 Å². The minimum Gasteiger partial charge on any atom is -0.481 e. The second-order valence-electron chi connectivity index (χ2n) is 5.09. The first-order valence-corrected chi connectivity index (χ1v) is 6.89. The molecule has 1 aromatic carbocycles. The van der Waals surface area contributed by atoms with Crippen LogP contribution in [0.4, 0.5) is 5.69 Å². The Hall–Kier alpha value is -2.04. The molecule has 1 heterocycles. The summed E-state index contributed by atoms with van der Waals surface area (Å²) in [6.07, 6.45) is 0.518. The first-order chi connectivity index (χ1) is 9.54. The van der Waals surface area contributed by atoms with Gasteiger partial charge in [0.25, 0.3) is 0 Å². The van der Waals surface area contributed by atoms with Crippen LogP contribution in [-0.2, 0) is 16.0 Å². The molecule has 108 valence electrons. The van der Waals surface area contributed by atoms with Gasteiger partial charge in [0, 0.05) is 18.8 Å². The van der Waals surface area contributed by atoms with Gasteiger partial charge in [0.2, 0.25) is 5.91 Å². The van der Waals surface area contributed by atoms with Crippen molar-refractivity contribution in [1.82, 2.24) is 5.32 Å². The number of hydrogen-bond donors (Lipinski definition) is 2. The number of aliphatic carboxylic acids is 1. The average molecular weight is 276 g/mol. The van der Waals surface area contributed by atoms with Crippen molar-refractivity contribution in [2.75, 3.05) is 18.0 Å². The number of rotatable bonds is 4. The number of amides is 1. The van der Waals surface area contributed by atoms with E-state index in [0.29, 0.717) is 19.5 Å². The minimum absolute atomic E-state index is 0.0756. The van der Waals surface area contributed by atoms with Crippen molar-refractivity contribution in [3.05, 3.63) is 29.8 Å². The van der Waals surface area contributed by atoms with Crippen molar-refractivity contribution in [1.29, 1.82) is 0 Å². The molecule has 1 amide bonds. The molecule has 1 aliphatic rings. The Labute approximate surface area is 118 Å². The zero-order valence-electron chi connectivity index (χ0n) is 11.8. The Bertz CT molecular complexity index is 516. The lowest BCUT2D eigenvalue weighted by Crippen LogP contribution is -2.50. The van der Waals surface area contributed by atoms with Crippen LogP contribution in [0.3, 0.4) is 0 Å². The van der Waals surface area contributed by atoms with Gasteiger partial charge < -0.3 is 15.3 Å². The molecule has 0 aliphatic carbocycles. The molecule has 2 unspecified atom stereocenters. The quantitative estimate of drug-likeness (QED) is 0.869. The number of benzene rings is 1. The molecule has 5 heteroatoms. The van der Waals surface area contributed by atoms with Gasteiger partial charge in [-0.1, -0.05) is 18.2 Å². The van der Waals surface area contributed by atoms with Crippen molar-refractivity contribution in [3.8, 4) is 0 Å². The maximum Gasteiger partial charge on any atom is 0.308 e. The summed E-state index contributed by atoms with van der Waals surface area (Å²) in [6, 6.07) is 7.32. The monoisotopic (exact) mass is 276 g/mol. The summed E-state index contributed by atoms with van der Waals surface area (Å²) < 4.78 is 0. The first kappa shape index (κ1) is 14.4. The van der Waals surface area contributed by atoms with Gasteiger partial charge in [-0.3, -0.25) is 9.59 Å². The third kappa shape index (κ3) is 2.76. The van der Waals surface area contributed by atoms with E-state index in [-0.39, 0.29) is 11.9 Å². The Morgan fingerprint density at radius 1 is 1.45 bits per heavy atom. The van der Waals surface area contributed by atoms with E-state index in [9.17, 15) is 14.7 Å². The fourth-order valence-electron chi connectivity index (χ4n) is 2.63. The fourth-order valence-corrected chi connectivity index (χ4v) is 2.63. The highest BCUT2D eigenvalue weighted by atomic mass is 16.4. The molecular weight excluding hydrogens is 256 g/mol. The molecule has 0 spiro atoms. The largest absolute Gasteiger partial charge is 0.481 e. The molecule has 0 saturated carbocycles. The molecule has 2 rings (SSSR count). The minimum atomic E-state index is -0.812. The summed E-state index contributed by atoms with van der Waals surface area (Å²) in [4.78, 5) is 25.2. The Balaban J connectivity index is 2.31. The number of carbonyl (C=O) groups excluding carboxylic acids is 1. The Kier molecular flexibility index (Phi) is 4.27. The zero-order chi connectivity index (χ0) is 14.7. The lowest BCUT2D eigenvalue weighted by molar-refractivity contribution is -0.141. The molecule has 5 nitrogen and oxygen atoms in total. The van der Waals surface area contributed by atoms with E-state index in [1.54, 1.807) is 0 Å². The lowest BCUT2D eigenvalue weighted by atomic mass is 9.91. The summed E-state index contributed by atoms with van der Waals surface area (Å²) in [5.41, 5.74) is 1.95. The van der Waals surface area contributed by atoms with Crippen LogP contribution in [0.5, 0.6) is 0 Å². The van der Waals surface area contributed by atoms with Crippen LogP contribution in [0.15, 0.2) is 24.3 Å². The number of hydrogen-bond acceptors (Lipinski definition) is 3. The van der Waals surface area contributed by atoms with Gasteiger partial charge in [-0.05, 0) is 31.9 Å². The van der Waals surface area contributed by atoms with Gasteiger partial charge in [-0.25, -0.2) is 0 Å². The van der Waals surface area contributed by atoms with Gasteiger partial charge in [-0.15, -0.1) is 0 Å². The number of nitrogens with zero attached hydrogens (tertiary/aromatic N) is 1. The molecule has 2 N–H and O–H groups in total. The molecule has 0 aromatic heterocycles. The molecule has 0 saturated heterocycles. The molecule has 1 aromatic rings. The summed E-state index contributed by atoms with van der Waals surface area (Å²) in [7, 11) is 0. The number of para-hydroxylation sites is 1.